The van der Waals surface area contributed by atoms with Crippen LogP contribution in [0.25, 0.3) is 0 Å². The van der Waals surface area contributed by atoms with E-state index in [9.17, 15) is 14.4 Å². The van der Waals surface area contributed by atoms with Gasteiger partial charge in [0.15, 0.2) is 0 Å². The Morgan fingerprint density at radius 3 is 2.77 bits per heavy atom. The first-order valence-corrected chi connectivity index (χ1v) is 9.26. The van der Waals surface area contributed by atoms with Gasteiger partial charge in [0, 0.05) is 13.0 Å². The Bertz CT molecular complexity index is 773. The van der Waals surface area contributed by atoms with E-state index in [4.69, 9.17) is 0 Å². The summed E-state index contributed by atoms with van der Waals surface area (Å²) in [5.74, 6) is 1.18. The molecule has 6 heteroatoms. The van der Waals surface area contributed by atoms with Crippen LogP contribution < -0.4 is 16.0 Å². The predicted molar refractivity (Wildman–Crippen MR) is 97.4 cm³/mol. The highest BCUT2D eigenvalue weighted by atomic mass is 16.2. The highest BCUT2D eigenvalue weighted by Crippen LogP contribution is 2.42. The molecule has 1 fully saturated rings. The zero-order valence-electron chi connectivity index (χ0n) is 14.5. The highest BCUT2D eigenvalue weighted by molar-refractivity contribution is 6.09. The van der Waals surface area contributed by atoms with E-state index in [1.54, 1.807) is 24.3 Å². The first kappa shape index (κ1) is 16.8. The maximum Gasteiger partial charge on any atom is 0.254 e. The van der Waals surface area contributed by atoms with Crippen LogP contribution in [0.4, 0.5) is 5.69 Å². The van der Waals surface area contributed by atoms with Crippen LogP contribution in [0.1, 0.15) is 36.0 Å². The van der Waals surface area contributed by atoms with E-state index < -0.39 is 6.04 Å². The number of para-hydroxylation sites is 1. The van der Waals surface area contributed by atoms with Crippen LogP contribution in [0.2, 0.25) is 0 Å². The molecule has 2 bridgehead atoms. The first-order valence-electron chi connectivity index (χ1n) is 9.26. The van der Waals surface area contributed by atoms with Gasteiger partial charge in [0.1, 0.15) is 6.04 Å². The Balaban J connectivity index is 1.27. The molecule has 1 aliphatic heterocycles. The van der Waals surface area contributed by atoms with Crippen LogP contribution >= 0.6 is 0 Å². The first-order chi connectivity index (χ1) is 12.6. The molecular formula is C20H23N3O3. The fourth-order valence-corrected chi connectivity index (χ4v) is 4.25. The van der Waals surface area contributed by atoms with Crippen LogP contribution in [-0.2, 0) is 9.59 Å². The summed E-state index contributed by atoms with van der Waals surface area (Å²) >= 11 is 0. The van der Waals surface area contributed by atoms with E-state index in [0.29, 0.717) is 35.5 Å². The Morgan fingerprint density at radius 2 is 2.00 bits per heavy atom. The van der Waals surface area contributed by atoms with Gasteiger partial charge in [0.05, 0.1) is 11.3 Å². The summed E-state index contributed by atoms with van der Waals surface area (Å²) in [6, 6.07) is 6.19. The third-order valence-corrected chi connectivity index (χ3v) is 5.69. The maximum absolute atomic E-state index is 12.3. The molecule has 26 heavy (non-hydrogen) atoms. The Kier molecular flexibility index (Phi) is 4.49. The zero-order chi connectivity index (χ0) is 18.1. The molecular weight excluding hydrogens is 330 g/mol. The van der Waals surface area contributed by atoms with E-state index in [-0.39, 0.29) is 30.6 Å². The highest BCUT2D eigenvalue weighted by Gasteiger charge is 2.35. The number of fused-ring (bicyclic) bond motifs is 3. The summed E-state index contributed by atoms with van der Waals surface area (Å²) in [7, 11) is 0. The van der Waals surface area contributed by atoms with Gasteiger partial charge in [0.25, 0.3) is 5.91 Å². The number of carbonyl (C=O) groups is 3. The van der Waals surface area contributed by atoms with Crippen molar-refractivity contribution in [3.63, 3.8) is 0 Å². The van der Waals surface area contributed by atoms with Crippen LogP contribution in [0.15, 0.2) is 36.4 Å². The second kappa shape index (κ2) is 6.94. The normalized spacial score (nSPS) is 28.9. The summed E-state index contributed by atoms with van der Waals surface area (Å²) in [5.41, 5.74) is 0.948. The van der Waals surface area contributed by atoms with Gasteiger partial charge in [-0.2, -0.15) is 0 Å². The minimum Gasteiger partial charge on any atom is -0.356 e. The molecule has 3 N–H and O–H groups in total. The van der Waals surface area contributed by atoms with Crippen molar-refractivity contribution in [3.05, 3.63) is 42.0 Å². The van der Waals surface area contributed by atoms with Gasteiger partial charge in [-0.3, -0.25) is 14.4 Å². The van der Waals surface area contributed by atoms with Gasteiger partial charge < -0.3 is 16.0 Å². The summed E-state index contributed by atoms with van der Waals surface area (Å²) in [6.07, 6.45) is 7.43. The zero-order valence-corrected chi connectivity index (χ0v) is 14.5. The number of amides is 3. The van der Waals surface area contributed by atoms with E-state index in [1.807, 2.05) is 0 Å². The average Bonchev–Trinajstić information content (AvgIpc) is 3.23. The third-order valence-electron chi connectivity index (χ3n) is 5.69. The molecule has 6 nitrogen and oxygen atoms in total. The van der Waals surface area contributed by atoms with Crippen molar-refractivity contribution in [1.29, 1.82) is 0 Å². The number of hydrogen-bond acceptors (Lipinski definition) is 3. The van der Waals surface area contributed by atoms with E-state index in [0.717, 1.165) is 6.42 Å². The number of rotatable bonds is 5. The molecule has 136 valence electrons. The topological polar surface area (TPSA) is 87.3 Å². The molecule has 0 saturated heterocycles. The monoisotopic (exact) mass is 353 g/mol. The van der Waals surface area contributed by atoms with E-state index in [2.05, 4.69) is 28.1 Å². The molecule has 0 aromatic heterocycles. The fraction of sp³-hybridized carbons (Fsp3) is 0.450. The minimum atomic E-state index is -0.703. The quantitative estimate of drug-likeness (QED) is 0.706. The minimum absolute atomic E-state index is 0.0689. The molecule has 3 amide bonds. The van der Waals surface area contributed by atoms with Crippen LogP contribution in [0, 0.1) is 17.8 Å². The van der Waals surface area contributed by atoms with Crippen molar-refractivity contribution in [3.8, 4) is 0 Å². The summed E-state index contributed by atoms with van der Waals surface area (Å²) in [4.78, 5) is 36.8. The molecule has 1 aromatic rings. The van der Waals surface area contributed by atoms with Gasteiger partial charge in [-0.05, 0) is 49.1 Å². The molecule has 4 rings (SSSR count). The molecule has 1 heterocycles. The number of anilines is 1. The van der Waals surface area contributed by atoms with E-state index >= 15 is 0 Å². The number of hydrogen-bond donors (Lipinski definition) is 3. The molecule has 1 aromatic carbocycles. The second-order valence-corrected chi connectivity index (χ2v) is 7.44. The summed E-state index contributed by atoms with van der Waals surface area (Å²) in [6.45, 7) is 0.693. The number of allylic oxidation sites excluding steroid dienone is 2. The molecule has 0 spiro atoms. The van der Waals surface area contributed by atoms with Crippen LogP contribution in [0.3, 0.4) is 0 Å². The molecule has 1 saturated carbocycles. The van der Waals surface area contributed by atoms with Crippen molar-refractivity contribution in [2.24, 2.45) is 17.8 Å². The van der Waals surface area contributed by atoms with E-state index in [1.165, 1.54) is 6.42 Å². The van der Waals surface area contributed by atoms with Gasteiger partial charge in [-0.1, -0.05) is 24.3 Å². The van der Waals surface area contributed by atoms with Gasteiger partial charge in [-0.25, -0.2) is 0 Å². The summed E-state index contributed by atoms with van der Waals surface area (Å²) in [5, 5.41) is 8.47. The fourth-order valence-electron chi connectivity index (χ4n) is 4.25. The average molecular weight is 353 g/mol. The van der Waals surface area contributed by atoms with Crippen molar-refractivity contribution < 1.29 is 14.4 Å². The lowest BCUT2D eigenvalue weighted by atomic mass is 9.93. The SMILES string of the molecule is O=C(CC[C@@H]1NC(=O)c2ccccc2NC1=O)NC[C@@H]1C[C@H]2C=C[C@H]1C2. The third kappa shape index (κ3) is 3.36. The number of nitrogens with one attached hydrogen (secondary N) is 3. The summed E-state index contributed by atoms with van der Waals surface area (Å²) < 4.78 is 0. The largest absolute Gasteiger partial charge is 0.356 e. The van der Waals surface area contributed by atoms with Crippen molar-refractivity contribution in [1.82, 2.24) is 10.6 Å². The van der Waals surface area contributed by atoms with Gasteiger partial charge in [-0.15, -0.1) is 0 Å². The second-order valence-electron chi connectivity index (χ2n) is 7.44. The molecule has 2 aliphatic carbocycles. The molecule has 0 radical (unpaired) electrons. The lowest BCUT2D eigenvalue weighted by molar-refractivity contribution is -0.122. The van der Waals surface area contributed by atoms with Crippen LogP contribution in [-0.4, -0.2) is 30.3 Å². The maximum atomic E-state index is 12.3. The smallest absolute Gasteiger partial charge is 0.254 e. The van der Waals surface area contributed by atoms with Crippen molar-refractivity contribution in [2.45, 2.75) is 31.7 Å². The molecule has 3 aliphatic rings. The number of benzene rings is 1. The van der Waals surface area contributed by atoms with Gasteiger partial charge >= 0.3 is 0 Å². The van der Waals surface area contributed by atoms with Crippen LogP contribution in [0.5, 0.6) is 0 Å². The van der Waals surface area contributed by atoms with Crippen molar-refractivity contribution >= 4 is 23.4 Å². The van der Waals surface area contributed by atoms with Crippen molar-refractivity contribution in [2.75, 3.05) is 11.9 Å². The Labute approximate surface area is 152 Å². The lowest BCUT2D eigenvalue weighted by Gasteiger charge is -2.19. The van der Waals surface area contributed by atoms with Gasteiger partial charge in [0.2, 0.25) is 11.8 Å². The standard InChI is InChI=1S/C20H23N3O3/c24-18(21-11-14-10-12-5-6-13(14)9-12)8-7-17-20(26)22-16-4-2-1-3-15(16)19(25)23-17/h1-6,12-14,17H,7-11H2,(H,21,24)(H,22,26)(H,23,25)/t12-,13-,14-,17-/m0/s1. The predicted octanol–water partition coefficient (Wildman–Crippen LogP) is 1.85. The number of carbonyl (C=O) groups excluding carboxylic acids is 3. The lowest BCUT2D eigenvalue weighted by Crippen LogP contribution is -2.42. The molecule has 0 unspecified atom stereocenters. The molecule has 4 atom stereocenters. The Hall–Kier alpha value is -2.63. The Morgan fingerprint density at radius 1 is 1.15 bits per heavy atom.